The first-order valence-electron chi connectivity index (χ1n) is 9.16. The summed E-state index contributed by atoms with van der Waals surface area (Å²) in [7, 11) is -0.240. The average Bonchev–Trinajstić information content (AvgIpc) is 3.40. The highest BCUT2D eigenvalue weighted by Gasteiger charge is 2.39. The molecule has 0 radical (unpaired) electrons. The van der Waals surface area contributed by atoms with Crippen molar-refractivity contribution in [3.8, 4) is 22.9 Å². The molecule has 0 unspecified atom stereocenters. The molecule has 0 atom stereocenters. The van der Waals surface area contributed by atoms with Gasteiger partial charge in [-0.15, -0.1) is 0 Å². The molecule has 1 aromatic carbocycles. The third kappa shape index (κ3) is 3.91. The summed E-state index contributed by atoms with van der Waals surface area (Å²) in [4.78, 5) is 4.69. The first-order valence-corrected chi connectivity index (χ1v) is 12.4. The molecule has 1 aliphatic carbocycles. The first kappa shape index (κ1) is 19.2. The van der Waals surface area contributed by atoms with Crippen molar-refractivity contribution in [2.24, 2.45) is 0 Å². The van der Waals surface area contributed by atoms with Crippen LogP contribution in [0.15, 0.2) is 30.3 Å². The van der Waals surface area contributed by atoms with E-state index < -0.39 is 8.32 Å². The molecule has 0 amide bonds. The molecule has 0 N–H and O–H groups in total. The fourth-order valence-corrected chi connectivity index (χ4v) is 3.97. The molecule has 3 nitrogen and oxygen atoms in total. The highest BCUT2D eigenvalue weighted by atomic mass is 35.5. The van der Waals surface area contributed by atoms with Crippen LogP contribution < -0.4 is 9.16 Å². The lowest BCUT2D eigenvalue weighted by molar-refractivity contribution is 0.393. The number of halogens is 1. The van der Waals surface area contributed by atoms with E-state index in [1.807, 2.05) is 18.2 Å². The Hall–Kier alpha value is -1.52. The second kappa shape index (κ2) is 6.89. The molecule has 0 spiro atoms. The van der Waals surface area contributed by atoms with Crippen LogP contribution in [-0.2, 0) is 0 Å². The van der Waals surface area contributed by atoms with Crippen LogP contribution in [0.1, 0.15) is 45.1 Å². The summed E-state index contributed by atoms with van der Waals surface area (Å²) in [6.07, 6.45) is 2.45. The number of benzene rings is 1. The van der Waals surface area contributed by atoms with Crippen LogP contribution in [0.3, 0.4) is 0 Å². The molecule has 0 saturated heterocycles. The summed E-state index contributed by atoms with van der Waals surface area (Å²) < 4.78 is 11.9. The van der Waals surface area contributed by atoms with Crippen LogP contribution in [0, 0.1) is 0 Å². The van der Waals surface area contributed by atoms with Crippen LogP contribution in [-0.4, -0.2) is 20.4 Å². The van der Waals surface area contributed by atoms with Crippen LogP contribution in [0.25, 0.3) is 11.3 Å². The zero-order valence-corrected chi connectivity index (χ0v) is 18.3. The van der Waals surface area contributed by atoms with E-state index in [4.69, 9.17) is 25.7 Å². The lowest BCUT2D eigenvalue weighted by Crippen LogP contribution is -2.43. The number of methoxy groups -OCH3 is 1. The minimum atomic E-state index is -1.92. The lowest BCUT2D eigenvalue weighted by atomic mass is 10.1. The van der Waals surface area contributed by atoms with E-state index in [0.717, 1.165) is 22.9 Å². The maximum Gasteiger partial charge on any atom is 0.250 e. The van der Waals surface area contributed by atoms with Crippen molar-refractivity contribution in [1.82, 2.24) is 4.98 Å². The van der Waals surface area contributed by atoms with Gasteiger partial charge < -0.3 is 9.16 Å². The van der Waals surface area contributed by atoms with Gasteiger partial charge in [-0.2, -0.15) is 0 Å². The van der Waals surface area contributed by atoms with E-state index in [1.54, 1.807) is 7.11 Å². The van der Waals surface area contributed by atoms with E-state index in [1.165, 1.54) is 18.4 Å². The first-order chi connectivity index (χ1) is 12.1. The second-order valence-corrected chi connectivity index (χ2v) is 13.7. The van der Waals surface area contributed by atoms with Crippen LogP contribution in [0.5, 0.6) is 11.6 Å². The molecule has 26 heavy (non-hydrogen) atoms. The maximum absolute atomic E-state index is 6.54. The molecule has 5 heteroatoms. The zero-order chi connectivity index (χ0) is 19.1. The maximum atomic E-state index is 6.54. The number of rotatable bonds is 5. The Kier molecular flexibility index (Phi) is 5.10. The zero-order valence-electron chi connectivity index (χ0n) is 16.5. The van der Waals surface area contributed by atoms with Gasteiger partial charge in [0.25, 0.3) is 8.32 Å². The highest BCUT2D eigenvalue weighted by molar-refractivity contribution is 6.74. The molecule has 0 aliphatic heterocycles. The number of aromatic nitrogens is 1. The number of ether oxygens (including phenoxy) is 1. The van der Waals surface area contributed by atoms with Crippen molar-refractivity contribution in [3.63, 3.8) is 0 Å². The van der Waals surface area contributed by atoms with Crippen molar-refractivity contribution in [3.05, 3.63) is 40.9 Å². The van der Waals surface area contributed by atoms with Gasteiger partial charge in [-0.05, 0) is 61.2 Å². The predicted octanol–water partition coefficient (Wildman–Crippen LogP) is 6.67. The summed E-state index contributed by atoms with van der Waals surface area (Å²) in [6, 6.07) is 10.1. The smallest absolute Gasteiger partial charge is 0.250 e. The highest BCUT2D eigenvalue weighted by Crippen LogP contribution is 2.44. The Morgan fingerprint density at radius 3 is 2.35 bits per heavy atom. The van der Waals surface area contributed by atoms with Gasteiger partial charge in [0.15, 0.2) is 0 Å². The summed E-state index contributed by atoms with van der Waals surface area (Å²) in [5.41, 5.74) is 3.05. The van der Waals surface area contributed by atoms with Crippen LogP contribution in [0.2, 0.25) is 23.2 Å². The third-order valence-electron chi connectivity index (χ3n) is 5.50. The number of hydrogen-bond donors (Lipinski definition) is 0. The fourth-order valence-electron chi connectivity index (χ4n) is 2.65. The molecule has 2 aromatic rings. The van der Waals surface area contributed by atoms with Gasteiger partial charge in [0.05, 0.1) is 17.8 Å². The van der Waals surface area contributed by atoms with Crippen molar-refractivity contribution in [1.29, 1.82) is 0 Å². The van der Waals surface area contributed by atoms with Crippen LogP contribution >= 0.6 is 11.6 Å². The average molecular weight is 390 g/mol. The summed E-state index contributed by atoms with van der Waals surface area (Å²) in [5, 5.41) is 0.752. The van der Waals surface area contributed by atoms with Crippen molar-refractivity contribution in [2.45, 2.75) is 57.7 Å². The topological polar surface area (TPSA) is 31.4 Å². The monoisotopic (exact) mass is 389 g/mol. The van der Waals surface area contributed by atoms with E-state index in [0.29, 0.717) is 10.9 Å². The molecular weight excluding hydrogens is 362 g/mol. The number of pyridine rings is 1. The quantitative estimate of drug-likeness (QED) is 0.535. The van der Waals surface area contributed by atoms with Gasteiger partial charge in [-0.1, -0.05) is 38.4 Å². The summed E-state index contributed by atoms with van der Waals surface area (Å²) in [6.45, 7) is 11.1. The van der Waals surface area contributed by atoms with Crippen molar-refractivity contribution in [2.75, 3.05) is 7.11 Å². The van der Waals surface area contributed by atoms with Gasteiger partial charge in [0, 0.05) is 11.1 Å². The number of hydrogen-bond acceptors (Lipinski definition) is 3. The second-order valence-electron chi connectivity index (χ2n) is 8.58. The molecule has 3 rings (SSSR count). The van der Waals surface area contributed by atoms with Gasteiger partial charge in [-0.25, -0.2) is 4.98 Å². The Morgan fingerprint density at radius 1 is 1.12 bits per heavy atom. The van der Waals surface area contributed by atoms with E-state index in [9.17, 15) is 0 Å². The summed E-state index contributed by atoms with van der Waals surface area (Å²) >= 11 is 6.54. The molecule has 0 bridgehead atoms. The standard InChI is InChI=1S/C21H28ClNO2Si/c1-21(2,3)26(5,6)25-19-12-9-15(13-17(19)22)18-11-10-16(14-7-8-14)20(23-18)24-4/h9-14H,7-8H2,1-6H3. The van der Waals surface area contributed by atoms with E-state index in [2.05, 4.69) is 46.0 Å². The molecule has 140 valence electrons. The summed E-state index contributed by atoms with van der Waals surface area (Å²) in [5.74, 6) is 2.08. The normalized spacial score (nSPS) is 15.0. The minimum Gasteiger partial charge on any atom is -0.543 e. The Labute approximate surface area is 162 Å². The van der Waals surface area contributed by atoms with Gasteiger partial charge in [-0.3, -0.25) is 0 Å². The largest absolute Gasteiger partial charge is 0.543 e. The van der Waals surface area contributed by atoms with Crippen LogP contribution in [0.4, 0.5) is 0 Å². The third-order valence-corrected chi connectivity index (χ3v) is 10.1. The lowest BCUT2D eigenvalue weighted by Gasteiger charge is -2.36. The minimum absolute atomic E-state index is 0.128. The molecule has 1 heterocycles. The molecule has 1 aliphatic rings. The van der Waals surface area contributed by atoms with Gasteiger partial charge in [0.1, 0.15) is 5.75 Å². The predicted molar refractivity (Wildman–Crippen MR) is 111 cm³/mol. The molecule has 1 fully saturated rings. The Bertz CT molecular complexity index is 810. The molecule has 1 saturated carbocycles. The Morgan fingerprint density at radius 2 is 1.81 bits per heavy atom. The van der Waals surface area contributed by atoms with Gasteiger partial charge >= 0.3 is 0 Å². The van der Waals surface area contributed by atoms with Gasteiger partial charge in [0.2, 0.25) is 5.88 Å². The molecule has 1 aromatic heterocycles. The van der Waals surface area contributed by atoms with Crippen molar-refractivity contribution < 1.29 is 9.16 Å². The van der Waals surface area contributed by atoms with Crippen molar-refractivity contribution >= 4 is 19.9 Å². The number of nitrogens with zero attached hydrogens (tertiary/aromatic N) is 1. The molecular formula is C21H28ClNO2Si. The SMILES string of the molecule is COc1nc(-c2ccc(O[Si](C)(C)C(C)(C)C)c(Cl)c2)ccc1C1CC1. The fraction of sp³-hybridized carbons (Fsp3) is 0.476. The van der Waals surface area contributed by atoms with E-state index >= 15 is 0 Å². The van der Waals surface area contributed by atoms with E-state index in [-0.39, 0.29) is 5.04 Å². The Balaban J connectivity index is 1.88.